The Morgan fingerprint density at radius 2 is 2.04 bits per heavy atom. The molecule has 1 unspecified atom stereocenters. The van der Waals surface area contributed by atoms with Crippen molar-refractivity contribution >= 4 is 17.5 Å². The van der Waals surface area contributed by atoms with E-state index in [2.05, 4.69) is 5.32 Å². The summed E-state index contributed by atoms with van der Waals surface area (Å²) >= 11 is 0. The van der Waals surface area contributed by atoms with Crippen LogP contribution < -0.4 is 15.0 Å². The molecule has 1 aromatic rings. The highest BCUT2D eigenvalue weighted by atomic mass is 16.5. The van der Waals surface area contributed by atoms with Crippen LogP contribution in [0.3, 0.4) is 0 Å². The van der Waals surface area contributed by atoms with E-state index in [1.165, 1.54) is 0 Å². The van der Waals surface area contributed by atoms with Crippen LogP contribution in [0, 0.1) is 0 Å². The number of para-hydroxylation sites is 2. The van der Waals surface area contributed by atoms with E-state index in [0.29, 0.717) is 18.9 Å². The molecule has 0 aromatic heterocycles. The second kappa shape index (κ2) is 7.86. The van der Waals surface area contributed by atoms with Crippen molar-refractivity contribution in [1.29, 1.82) is 0 Å². The summed E-state index contributed by atoms with van der Waals surface area (Å²) in [5.41, 5.74) is 0.585. The summed E-state index contributed by atoms with van der Waals surface area (Å²) in [6, 6.07) is 7.54. The molecule has 0 aliphatic carbocycles. The average molecular weight is 374 g/mol. The molecular formula is C20H26N2O5. The summed E-state index contributed by atoms with van der Waals surface area (Å²) in [7, 11) is 0. The first-order valence-electron chi connectivity index (χ1n) is 9.68. The molecule has 146 valence electrons. The van der Waals surface area contributed by atoms with Gasteiger partial charge in [-0.1, -0.05) is 12.1 Å². The third-order valence-corrected chi connectivity index (χ3v) is 5.63. The molecule has 0 radical (unpaired) electrons. The van der Waals surface area contributed by atoms with Crippen molar-refractivity contribution in [3.8, 4) is 5.75 Å². The Labute approximate surface area is 158 Å². The van der Waals surface area contributed by atoms with E-state index in [4.69, 9.17) is 14.2 Å². The minimum atomic E-state index is -0.145. The maximum Gasteiger partial charge on any atom is 0.265 e. The first-order valence-corrected chi connectivity index (χ1v) is 9.68. The first kappa shape index (κ1) is 18.3. The van der Waals surface area contributed by atoms with Crippen LogP contribution in [0.25, 0.3) is 0 Å². The maximum atomic E-state index is 12.5. The van der Waals surface area contributed by atoms with Crippen molar-refractivity contribution in [2.45, 2.75) is 43.7 Å². The first-order chi connectivity index (χ1) is 13.2. The molecule has 7 heteroatoms. The number of nitrogens with one attached hydrogen (secondary N) is 1. The van der Waals surface area contributed by atoms with E-state index < -0.39 is 0 Å². The molecule has 0 saturated carbocycles. The van der Waals surface area contributed by atoms with Gasteiger partial charge in [0.2, 0.25) is 5.91 Å². The summed E-state index contributed by atoms with van der Waals surface area (Å²) < 4.78 is 16.9. The number of rotatable bonds is 4. The molecule has 3 aliphatic rings. The summed E-state index contributed by atoms with van der Waals surface area (Å²) in [5.74, 6) is 0.540. The fourth-order valence-electron chi connectivity index (χ4n) is 4.16. The third kappa shape index (κ3) is 4.09. The molecule has 1 N–H and O–H groups in total. The zero-order chi connectivity index (χ0) is 18.7. The molecule has 7 nitrogen and oxygen atoms in total. The fraction of sp³-hybridized carbons (Fsp3) is 0.600. The van der Waals surface area contributed by atoms with Crippen LogP contribution in [0.4, 0.5) is 5.69 Å². The Morgan fingerprint density at radius 3 is 2.89 bits per heavy atom. The Morgan fingerprint density at radius 1 is 1.22 bits per heavy atom. The van der Waals surface area contributed by atoms with Crippen molar-refractivity contribution in [2.75, 3.05) is 37.9 Å². The number of benzene rings is 1. The normalized spacial score (nSPS) is 24.2. The van der Waals surface area contributed by atoms with Crippen LogP contribution in [-0.4, -0.2) is 56.4 Å². The molecule has 2 saturated heterocycles. The number of hydrogen-bond acceptors (Lipinski definition) is 5. The lowest BCUT2D eigenvalue weighted by Crippen LogP contribution is -2.51. The molecule has 1 spiro atoms. The lowest BCUT2D eigenvalue weighted by molar-refractivity contribution is -0.144. The Balaban J connectivity index is 1.31. The monoisotopic (exact) mass is 374 g/mol. The predicted octanol–water partition coefficient (Wildman–Crippen LogP) is 1.65. The molecule has 2 amide bonds. The lowest BCUT2D eigenvalue weighted by Gasteiger charge is -2.43. The zero-order valence-electron chi connectivity index (χ0n) is 15.4. The number of carbonyl (C=O) groups excluding carboxylic acids is 2. The number of anilines is 1. The minimum Gasteiger partial charge on any atom is -0.482 e. The summed E-state index contributed by atoms with van der Waals surface area (Å²) in [4.78, 5) is 26.3. The number of carbonyl (C=O) groups is 2. The number of nitrogens with zero attached hydrogens (tertiary/aromatic N) is 1. The molecule has 2 fully saturated rings. The molecule has 3 aliphatic heterocycles. The molecule has 4 rings (SSSR count). The second-order valence-electron chi connectivity index (χ2n) is 7.45. The highest BCUT2D eigenvalue weighted by Crippen LogP contribution is 2.34. The van der Waals surface area contributed by atoms with Gasteiger partial charge in [0, 0.05) is 38.8 Å². The van der Waals surface area contributed by atoms with E-state index in [1.807, 2.05) is 24.3 Å². The van der Waals surface area contributed by atoms with Crippen LogP contribution in [0.5, 0.6) is 5.75 Å². The SMILES string of the molecule is O=C(CCN1C(=O)COc2ccccc21)NC1CCOC2(CCOCC2)C1. The van der Waals surface area contributed by atoms with Crippen molar-refractivity contribution < 1.29 is 23.8 Å². The van der Waals surface area contributed by atoms with Gasteiger partial charge >= 0.3 is 0 Å². The van der Waals surface area contributed by atoms with Crippen LogP contribution in [0.2, 0.25) is 0 Å². The zero-order valence-corrected chi connectivity index (χ0v) is 15.4. The van der Waals surface area contributed by atoms with E-state index in [9.17, 15) is 9.59 Å². The van der Waals surface area contributed by atoms with Crippen molar-refractivity contribution in [3.05, 3.63) is 24.3 Å². The van der Waals surface area contributed by atoms with E-state index in [1.54, 1.807) is 4.90 Å². The number of hydrogen-bond donors (Lipinski definition) is 1. The van der Waals surface area contributed by atoms with Gasteiger partial charge in [-0.2, -0.15) is 0 Å². The molecule has 3 heterocycles. The molecule has 0 bridgehead atoms. The number of fused-ring (bicyclic) bond motifs is 1. The molecular weight excluding hydrogens is 348 g/mol. The fourth-order valence-corrected chi connectivity index (χ4v) is 4.16. The van der Waals surface area contributed by atoms with Gasteiger partial charge in [0.15, 0.2) is 6.61 Å². The standard InChI is InChI=1S/C20H26N2O5/c23-18(21-15-6-10-27-20(13-15)7-11-25-12-8-20)5-9-22-16-3-1-2-4-17(16)26-14-19(22)24/h1-4,15H,5-14H2,(H,21,23). The van der Waals surface area contributed by atoms with Gasteiger partial charge in [0.25, 0.3) is 5.91 Å². The lowest BCUT2D eigenvalue weighted by atomic mass is 9.84. The molecule has 1 atom stereocenters. The minimum absolute atomic E-state index is 0.0171. The van der Waals surface area contributed by atoms with Gasteiger partial charge in [-0.15, -0.1) is 0 Å². The Hall–Kier alpha value is -2.12. The van der Waals surface area contributed by atoms with Crippen molar-refractivity contribution in [1.82, 2.24) is 5.32 Å². The van der Waals surface area contributed by atoms with Gasteiger partial charge in [0.1, 0.15) is 5.75 Å². The van der Waals surface area contributed by atoms with E-state index in [-0.39, 0.29) is 36.5 Å². The van der Waals surface area contributed by atoms with Crippen LogP contribution >= 0.6 is 0 Å². The summed E-state index contributed by atoms with van der Waals surface area (Å²) in [6.45, 7) is 2.48. The number of ether oxygens (including phenoxy) is 3. The molecule has 1 aromatic carbocycles. The highest BCUT2D eigenvalue weighted by molar-refractivity contribution is 5.98. The van der Waals surface area contributed by atoms with Crippen molar-refractivity contribution in [2.24, 2.45) is 0 Å². The number of amides is 2. The topological polar surface area (TPSA) is 77.1 Å². The van der Waals surface area contributed by atoms with Gasteiger partial charge in [0.05, 0.1) is 11.3 Å². The summed E-state index contributed by atoms with van der Waals surface area (Å²) in [6.07, 6.45) is 3.71. The van der Waals surface area contributed by atoms with Gasteiger partial charge in [-0.25, -0.2) is 0 Å². The highest BCUT2D eigenvalue weighted by Gasteiger charge is 2.39. The largest absolute Gasteiger partial charge is 0.482 e. The van der Waals surface area contributed by atoms with E-state index in [0.717, 1.165) is 44.6 Å². The van der Waals surface area contributed by atoms with Crippen LogP contribution in [0.1, 0.15) is 32.1 Å². The van der Waals surface area contributed by atoms with Gasteiger partial charge in [-0.05, 0) is 37.8 Å². The van der Waals surface area contributed by atoms with E-state index >= 15 is 0 Å². The average Bonchev–Trinajstić information content (AvgIpc) is 2.68. The van der Waals surface area contributed by atoms with Gasteiger partial charge < -0.3 is 24.4 Å². The maximum absolute atomic E-state index is 12.5. The van der Waals surface area contributed by atoms with Crippen LogP contribution in [0.15, 0.2) is 24.3 Å². The Bertz CT molecular complexity index is 696. The van der Waals surface area contributed by atoms with Crippen molar-refractivity contribution in [3.63, 3.8) is 0 Å². The summed E-state index contributed by atoms with van der Waals surface area (Å²) in [5, 5.41) is 3.14. The molecule has 27 heavy (non-hydrogen) atoms. The second-order valence-corrected chi connectivity index (χ2v) is 7.45. The van der Waals surface area contributed by atoms with Gasteiger partial charge in [-0.3, -0.25) is 9.59 Å². The third-order valence-electron chi connectivity index (χ3n) is 5.63. The predicted molar refractivity (Wildman–Crippen MR) is 98.8 cm³/mol. The quantitative estimate of drug-likeness (QED) is 0.867. The Kier molecular flexibility index (Phi) is 5.31. The van der Waals surface area contributed by atoms with Crippen LogP contribution in [-0.2, 0) is 19.1 Å². The smallest absolute Gasteiger partial charge is 0.265 e.